The van der Waals surface area contributed by atoms with E-state index in [1.807, 2.05) is 0 Å². The van der Waals surface area contributed by atoms with Crippen molar-refractivity contribution in [3.8, 4) is 0 Å². The molecule has 10 heteroatoms. The zero-order valence-corrected chi connectivity index (χ0v) is 10.5. The molecule has 0 aromatic carbocycles. The molecular formula is C6H12O8S2. The van der Waals surface area contributed by atoms with Crippen molar-refractivity contribution in [2.45, 2.75) is 13.2 Å². The Bertz CT molecular complexity index is 433. The maximum Gasteiger partial charge on any atom is 0.305 e. The van der Waals surface area contributed by atoms with Crippen molar-refractivity contribution in [3.05, 3.63) is 0 Å². The Kier molecular flexibility index (Phi) is 5.32. The van der Waals surface area contributed by atoms with Gasteiger partial charge >= 0.3 is 5.97 Å². The number of rotatable bonds is 6. The number of esters is 1. The summed E-state index contributed by atoms with van der Waals surface area (Å²) in [6.45, 7) is 0.282. The van der Waals surface area contributed by atoms with E-state index in [-0.39, 0.29) is 0 Å². The standard InChI is InChI=1S/C6H12O8S2/c1-5(7)13-6(14-16(3,10)11)4-12-15(2,8)9/h6H,4H2,1-3H3. The molecule has 0 amide bonds. The Morgan fingerprint density at radius 3 is 1.94 bits per heavy atom. The summed E-state index contributed by atoms with van der Waals surface area (Å²) < 4.78 is 55.6. The summed E-state index contributed by atoms with van der Waals surface area (Å²) in [4.78, 5) is 10.6. The van der Waals surface area contributed by atoms with Gasteiger partial charge in [0.1, 0.15) is 6.61 Å². The lowest BCUT2D eigenvalue weighted by atomic mass is 10.7. The smallest absolute Gasteiger partial charge is 0.305 e. The van der Waals surface area contributed by atoms with Gasteiger partial charge in [0.15, 0.2) is 0 Å². The van der Waals surface area contributed by atoms with E-state index in [9.17, 15) is 21.6 Å². The Morgan fingerprint density at radius 2 is 1.62 bits per heavy atom. The van der Waals surface area contributed by atoms with Gasteiger partial charge in [-0.15, -0.1) is 0 Å². The highest BCUT2D eigenvalue weighted by Gasteiger charge is 2.20. The minimum absolute atomic E-state index is 0.726. The molecule has 0 rings (SSSR count). The minimum atomic E-state index is -3.89. The normalized spacial score (nSPS) is 14.4. The summed E-state index contributed by atoms with van der Waals surface area (Å²) in [6.07, 6.45) is -0.135. The predicted molar refractivity (Wildman–Crippen MR) is 52.3 cm³/mol. The van der Waals surface area contributed by atoms with Crippen molar-refractivity contribution in [2.75, 3.05) is 19.1 Å². The molecule has 0 saturated heterocycles. The lowest BCUT2D eigenvalue weighted by Gasteiger charge is -2.14. The van der Waals surface area contributed by atoms with Crippen molar-refractivity contribution >= 4 is 26.2 Å². The molecule has 8 nitrogen and oxygen atoms in total. The van der Waals surface area contributed by atoms with Gasteiger partial charge in [-0.05, 0) is 0 Å². The fourth-order valence-electron chi connectivity index (χ4n) is 0.641. The Labute approximate surface area is 93.7 Å². The van der Waals surface area contributed by atoms with Crippen LogP contribution in [0.1, 0.15) is 6.92 Å². The van der Waals surface area contributed by atoms with Crippen LogP contribution in [0.2, 0.25) is 0 Å². The molecule has 0 aromatic heterocycles. The second-order valence-electron chi connectivity index (χ2n) is 2.83. The fraction of sp³-hybridized carbons (Fsp3) is 0.833. The molecule has 0 aromatic rings. The first-order valence-electron chi connectivity index (χ1n) is 3.89. The molecule has 1 atom stereocenters. The van der Waals surface area contributed by atoms with Gasteiger partial charge < -0.3 is 4.74 Å². The van der Waals surface area contributed by atoms with Crippen LogP contribution in [0.15, 0.2) is 0 Å². The molecule has 16 heavy (non-hydrogen) atoms. The van der Waals surface area contributed by atoms with E-state index in [0.29, 0.717) is 0 Å². The van der Waals surface area contributed by atoms with E-state index >= 15 is 0 Å². The van der Waals surface area contributed by atoms with Crippen LogP contribution in [0.5, 0.6) is 0 Å². The molecule has 0 aliphatic carbocycles. The van der Waals surface area contributed by atoms with Crippen LogP contribution in [-0.4, -0.2) is 48.2 Å². The SMILES string of the molecule is CC(=O)OC(COS(C)(=O)=O)OS(C)(=O)=O. The van der Waals surface area contributed by atoms with Gasteiger partial charge in [-0.25, -0.2) is 4.18 Å². The first kappa shape index (κ1) is 15.3. The third-order valence-corrected chi connectivity index (χ3v) is 2.13. The van der Waals surface area contributed by atoms with Gasteiger partial charge in [0.25, 0.3) is 20.2 Å². The number of hydrogen-bond donors (Lipinski definition) is 0. The van der Waals surface area contributed by atoms with Crippen LogP contribution < -0.4 is 0 Å². The predicted octanol–water partition coefficient (Wildman–Crippen LogP) is -1.17. The van der Waals surface area contributed by atoms with E-state index in [1.165, 1.54) is 0 Å². The van der Waals surface area contributed by atoms with E-state index in [0.717, 1.165) is 19.4 Å². The summed E-state index contributed by atoms with van der Waals surface area (Å²) in [5, 5.41) is 0. The summed E-state index contributed by atoms with van der Waals surface area (Å²) >= 11 is 0. The average Bonchev–Trinajstić information content (AvgIpc) is 1.94. The van der Waals surface area contributed by atoms with Gasteiger partial charge in [0, 0.05) is 6.92 Å². The Morgan fingerprint density at radius 1 is 1.12 bits per heavy atom. The quantitative estimate of drug-likeness (QED) is 0.339. The molecule has 96 valence electrons. The number of carbonyl (C=O) groups is 1. The van der Waals surface area contributed by atoms with Crippen molar-refractivity contribution in [1.29, 1.82) is 0 Å². The van der Waals surface area contributed by atoms with Crippen molar-refractivity contribution in [1.82, 2.24) is 0 Å². The summed E-state index contributed by atoms with van der Waals surface area (Å²) in [5.41, 5.74) is 0. The van der Waals surface area contributed by atoms with Crippen molar-refractivity contribution in [2.24, 2.45) is 0 Å². The first-order chi connectivity index (χ1) is 6.99. The molecule has 0 saturated carbocycles. The molecule has 0 spiro atoms. The molecule has 0 aliphatic rings. The Hall–Kier alpha value is -0.710. The second kappa shape index (κ2) is 5.57. The molecular weight excluding hydrogens is 264 g/mol. The van der Waals surface area contributed by atoms with Crippen LogP contribution in [0.4, 0.5) is 0 Å². The zero-order valence-electron chi connectivity index (χ0n) is 8.87. The van der Waals surface area contributed by atoms with Gasteiger partial charge in [0.2, 0.25) is 6.29 Å². The van der Waals surface area contributed by atoms with Gasteiger partial charge in [-0.3, -0.25) is 8.98 Å². The highest BCUT2D eigenvalue weighted by Crippen LogP contribution is 2.03. The molecule has 0 radical (unpaired) electrons. The van der Waals surface area contributed by atoms with Gasteiger partial charge in [-0.2, -0.15) is 16.8 Å². The molecule has 0 bridgehead atoms. The minimum Gasteiger partial charge on any atom is -0.432 e. The van der Waals surface area contributed by atoms with Crippen LogP contribution in [-0.2, 0) is 38.1 Å². The lowest BCUT2D eigenvalue weighted by Crippen LogP contribution is -2.29. The number of carbonyl (C=O) groups excluding carboxylic acids is 1. The monoisotopic (exact) mass is 276 g/mol. The van der Waals surface area contributed by atoms with E-state index in [2.05, 4.69) is 13.1 Å². The maximum absolute atomic E-state index is 10.7. The average molecular weight is 276 g/mol. The molecule has 0 heterocycles. The van der Waals surface area contributed by atoms with Crippen LogP contribution in [0.3, 0.4) is 0 Å². The summed E-state index contributed by atoms with van der Waals surface area (Å²) in [5.74, 6) is -0.828. The summed E-state index contributed by atoms with van der Waals surface area (Å²) in [7, 11) is -7.67. The van der Waals surface area contributed by atoms with Gasteiger partial charge in [-0.1, -0.05) is 0 Å². The highest BCUT2D eigenvalue weighted by atomic mass is 32.2. The fourth-order valence-corrected chi connectivity index (χ4v) is 1.48. The van der Waals surface area contributed by atoms with Gasteiger partial charge in [0.05, 0.1) is 12.5 Å². The molecule has 0 aliphatic heterocycles. The number of hydrogen-bond acceptors (Lipinski definition) is 8. The first-order valence-corrected chi connectivity index (χ1v) is 7.53. The molecule has 0 fully saturated rings. The highest BCUT2D eigenvalue weighted by molar-refractivity contribution is 7.86. The maximum atomic E-state index is 10.7. The van der Waals surface area contributed by atoms with E-state index in [4.69, 9.17) is 0 Å². The molecule has 1 unspecified atom stereocenters. The second-order valence-corrected chi connectivity index (χ2v) is 6.07. The topological polar surface area (TPSA) is 113 Å². The van der Waals surface area contributed by atoms with Crippen molar-refractivity contribution in [3.63, 3.8) is 0 Å². The summed E-state index contributed by atoms with van der Waals surface area (Å²) in [6, 6.07) is 0. The lowest BCUT2D eigenvalue weighted by molar-refractivity contribution is -0.163. The third-order valence-electron chi connectivity index (χ3n) is 0.998. The third kappa shape index (κ3) is 9.83. The van der Waals surface area contributed by atoms with E-state index in [1.54, 1.807) is 0 Å². The van der Waals surface area contributed by atoms with Crippen LogP contribution in [0.25, 0.3) is 0 Å². The Balaban J connectivity index is 4.50. The van der Waals surface area contributed by atoms with E-state index < -0.39 is 39.1 Å². The van der Waals surface area contributed by atoms with Crippen LogP contribution >= 0.6 is 0 Å². The number of ether oxygens (including phenoxy) is 1. The zero-order chi connectivity index (χ0) is 13.0. The molecule has 0 N–H and O–H groups in total. The largest absolute Gasteiger partial charge is 0.432 e. The van der Waals surface area contributed by atoms with Crippen molar-refractivity contribution < 1.29 is 34.7 Å². The van der Waals surface area contributed by atoms with Crippen LogP contribution in [0, 0.1) is 0 Å².